The van der Waals surface area contributed by atoms with E-state index in [2.05, 4.69) is 38.1 Å². The number of aryl methyl sites for hydroxylation is 4. The lowest BCUT2D eigenvalue weighted by Crippen LogP contribution is -2.03. The Morgan fingerprint density at radius 3 is 2.00 bits per heavy atom. The fourth-order valence-electron chi connectivity index (χ4n) is 3.71. The summed E-state index contributed by atoms with van der Waals surface area (Å²) in [7, 11) is 0. The molecule has 0 radical (unpaired) electrons. The van der Waals surface area contributed by atoms with Crippen molar-refractivity contribution in [2.24, 2.45) is 0 Å². The van der Waals surface area contributed by atoms with Crippen LogP contribution < -0.4 is 0 Å². The van der Waals surface area contributed by atoms with Crippen molar-refractivity contribution in [3.05, 3.63) is 57.6 Å². The van der Waals surface area contributed by atoms with Crippen molar-refractivity contribution in [2.45, 2.75) is 46.0 Å². The van der Waals surface area contributed by atoms with Crippen molar-refractivity contribution in [3.63, 3.8) is 0 Å². The van der Waals surface area contributed by atoms with E-state index in [0.717, 1.165) is 6.42 Å². The summed E-state index contributed by atoms with van der Waals surface area (Å²) in [5, 5.41) is 0. The van der Waals surface area contributed by atoms with Gasteiger partial charge in [0.1, 0.15) is 0 Å². The highest BCUT2D eigenvalue weighted by Gasteiger charge is 2.22. The lowest BCUT2D eigenvalue weighted by atomic mass is 9.88. The Morgan fingerprint density at radius 2 is 1.21 bits per heavy atom. The SMILES string of the molecule is Cc1cc2c(cc1C)-c1cc3c(cc1C2)CCCC3. The summed E-state index contributed by atoms with van der Waals surface area (Å²) in [5.74, 6) is 0. The topological polar surface area (TPSA) is 0 Å². The molecule has 2 aromatic carbocycles. The van der Waals surface area contributed by atoms with Crippen LogP contribution in [-0.2, 0) is 19.3 Å². The third kappa shape index (κ3) is 1.66. The molecule has 0 heteroatoms. The molecule has 96 valence electrons. The Bertz CT molecular complexity index is 677. The summed E-state index contributed by atoms with van der Waals surface area (Å²) in [6, 6.07) is 9.77. The Labute approximate surface area is 115 Å². The maximum Gasteiger partial charge on any atom is -0.00132 e. The molecule has 0 spiro atoms. The van der Waals surface area contributed by atoms with Gasteiger partial charge in [-0.25, -0.2) is 0 Å². The normalized spacial score (nSPS) is 15.9. The van der Waals surface area contributed by atoms with Crippen molar-refractivity contribution < 1.29 is 0 Å². The van der Waals surface area contributed by atoms with Gasteiger partial charge in [0.25, 0.3) is 0 Å². The van der Waals surface area contributed by atoms with E-state index in [4.69, 9.17) is 0 Å². The Kier molecular flexibility index (Phi) is 2.35. The average Bonchev–Trinajstić information content (AvgIpc) is 2.74. The minimum Gasteiger partial charge on any atom is -0.0549 e. The van der Waals surface area contributed by atoms with Gasteiger partial charge in [-0.15, -0.1) is 0 Å². The minimum atomic E-state index is 1.14. The Hall–Kier alpha value is -1.56. The van der Waals surface area contributed by atoms with Crippen molar-refractivity contribution in [2.75, 3.05) is 0 Å². The third-order valence-electron chi connectivity index (χ3n) is 4.96. The van der Waals surface area contributed by atoms with Crippen molar-refractivity contribution in [1.82, 2.24) is 0 Å². The van der Waals surface area contributed by atoms with E-state index in [1.165, 1.54) is 53.5 Å². The van der Waals surface area contributed by atoms with Gasteiger partial charge < -0.3 is 0 Å². The molecule has 2 aromatic rings. The van der Waals surface area contributed by atoms with E-state index in [1.807, 2.05) is 0 Å². The van der Waals surface area contributed by atoms with E-state index in [1.54, 1.807) is 16.7 Å². The van der Waals surface area contributed by atoms with Gasteiger partial charge >= 0.3 is 0 Å². The molecule has 0 saturated carbocycles. The first-order valence-corrected chi connectivity index (χ1v) is 7.47. The van der Waals surface area contributed by atoms with E-state index in [-0.39, 0.29) is 0 Å². The largest absolute Gasteiger partial charge is 0.0549 e. The van der Waals surface area contributed by atoms with Crippen LogP contribution in [0.5, 0.6) is 0 Å². The Balaban J connectivity index is 1.92. The van der Waals surface area contributed by atoms with Crippen LogP contribution in [0.25, 0.3) is 11.1 Å². The molecular formula is C19H20. The van der Waals surface area contributed by atoms with E-state index in [9.17, 15) is 0 Å². The molecule has 0 aliphatic heterocycles. The fourth-order valence-corrected chi connectivity index (χ4v) is 3.71. The smallest absolute Gasteiger partial charge is 0.00132 e. The Morgan fingerprint density at radius 1 is 0.632 bits per heavy atom. The summed E-state index contributed by atoms with van der Waals surface area (Å²) in [6.07, 6.45) is 6.45. The number of hydrogen-bond acceptors (Lipinski definition) is 0. The molecule has 2 aliphatic carbocycles. The van der Waals surface area contributed by atoms with Crippen molar-refractivity contribution >= 4 is 0 Å². The number of rotatable bonds is 0. The second kappa shape index (κ2) is 3.96. The first-order chi connectivity index (χ1) is 9.22. The molecule has 0 heterocycles. The minimum absolute atomic E-state index is 1.14. The summed E-state index contributed by atoms with van der Waals surface area (Å²) < 4.78 is 0. The van der Waals surface area contributed by atoms with Crippen molar-refractivity contribution in [3.8, 4) is 11.1 Å². The highest BCUT2D eigenvalue weighted by Crippen LogP contribution is 2.40. The van der Waals surface area contributed by atoms with Crippen LogP contribution in [0.15, 0.2) is 24.3 Å². The third-order valence-corrected chi connectivity index (χ3v) is 4.96. The van der Waals surface area contributed by atoms with E-state index >= 15 is 0 Å². The second-order valence-electron chi connectivity index (χ2n) is 6.26. The summed E-state index contributed by atoms with van der Waals surface area (Å²) in [6.45, 7) is 4.45. The first-order valence-electron chi connectivity index (χ1n) is 7.47. The maximum atomic E-state index is 2.49. The molecular weight excluding hydrogens is 228 g/mol. The number of fused-ring (bicyclic) bond motifs is 4. The highest BCUT2D eigenvalue weighted by atomic mass is 14.3. The lowest BCUT2D eigenvalue weighted by molar-refractivity contribution is 0.685. The maximum absolute atomic E-state index is 2.49. The summed E-state index contributed by atoms with van der Waals surface area (Å²) in [5.41, 5.74) is 12.2. The molecule has 0 unspecified atom stereocenters. The molecule has 0 atom stereocenters. The molecule has 0 amide bonds. The van der Waals surface area contributed by atoms with Crippen LogP contribution in [0.2, 0.25) is 0 Å². The van der Waals surface area contributed by atoms with Crippen LogP contribution in [-0.4, -0.2) is 0 Å². The zero-order valence-corrected chi connectivity index (χ0v) is 11.8. The molecule has 0 nitrogen and oxygen atoms in total. The van der Waals surface area contributed by atoms with Crippen LogP contribution in [0, 0.1) is 13.8 Å². The van der Waals surface area contributed by atoms with Gasteiger partial charge in [0.15, 0.2) is 0 Å². The predicted molar refractivity (Wildman–Crippen MR) is 80.8 cm³/mol. The second-order valence-corrected chi connectivity index (χ2v) is 6.26. The zero-order valence-electron chi connectivity index (χ0n) is 11.8. The molecule has 0 N–H and O–H groups in total. The monoisotopic (exact) mass is 248 g/mol. The van der Waals surface area contributed by atoms with Gasteiger partial charge in [0.2, 0.25) is 0 Å². The molecule has 0 aromatic heterocycles. The summed E-state index contributed by atoms with van der Waals surface area (Å²) >= 11 is 0. The van der Waals surface area contributed by atoms with Crippen LogP contribution in [0.1, 0.15) is 46.2 Å². The van der Waals surface area contributed by atoms with Gasteiger partial charge in [-0.3, -0.25) is 0 Å². The average molecular weight is 248 g/mol. The van der Waals surface area contributed by atoms with Gasteiger partial charge in [-0.2, -0.15) is 0 Å². The molecule has 0 bridgehead atoms. The van der Waals surface area contributed by atoms with Crippen molar-refractivity contribution in [1.29, 1.82) is 0 Å². The van der Waals surface area contributed by atoms with Crippen LogP contribution in [0.4, 0.5) is 0 Å². The quantitative estimate of drug-likeness (QED) is 0.538. The predicted octanol–water partition coefficient (Wildman–Crippen LogP) is 4.75. The molecule has 2 aliphatic rings. The zero-order chi connectivity index (χ0) is 13.0. The van der Waals surface area contributed by atoms with Gasteiger partial charge in [0.05, 0.1) is 0 Å². The molecule has 4 rings (SSSR count). The molecule has 19 heavy (non-hydrogen) atoms. The first kappa shape index (κ1) is 11.3. The van der Waals surface area contributed by atoms with Crippen LogP contribution >= 0.6 is 0 Å². The molecule has 0 saturated heterocycles. The number of hydrogen-bond donors (Lipinski definition) is 0. The van der Waals surface area contributed by atoms with Gasteiger partial charge in [-0.1, -0.05) is 24.3 Å². The van der Waals surface area contributed by atoms with Gasteiger partial charge in [-0.05, 0) is 90.5 Å². The summed E-state index contributed by atoms with van der Waals surface area (Å²) in [4.78, 5) is 0. The number of benzene rings is 2. The van der Waals surface area contributed by atoms with E-state index < -0.39 is 0 Å². The lowest BCUT2D eigenvalue weighted by Gasteiger charge is -2.17. The van der Waals surface area contributed by atoms with E-state index in [0.29, 0.717) is 0 Å². The standard InChI is InChI=1S/C19H20/c1-12-7-16-10-17-9-14-5-3-4-6-15(14)11-19(17)18(16)8-13(12)2/h7-9,11H,3-6,10H2,1-2H3. The van der Waals surface area contributed by atoms with Crippen LogP contribution in [0.3, 0.4) is 0 Å². The molecule has 0 fully saturated rings. The fraction of sp³-hybridized carbons (Fsp3) is 0.368. The highest BCUT2D eigenvalue weighted by molar-refractivity contribution is 5.79. The van der Waals surface area contributed by atoms with Gasteiger partial charge in [0, 0.05) is 0 Å².